The molecule has 2 rings (SSSR count). The van der Waals surface area contributed by atoms with Crippen LogP contribution in [-0.2, 0) is 6.42 Å². The molecule has 58 valence electrons. The Bertz CT molecular complexity index is 283. The minimum absolute atomic E-state index is 0.305. The van der Waals surface area contributed by atoms with Crippen LogP contribution in [0.4, 0.5) is 0 Å². The number of rotatable bonds is 0. The number of aromatic nitrogens is 1. The van der Waals surface area contributed by atoms with Crippen molar-refractivity contribution in [1.82, 2.24) is 4.98 Å². The first-order valence-electron chi connectivity index (χ1n) is 3.88. The van der Waals surface area contributed by atoms with E-state index in [0.717, 1.165) is 12.3 Å². The first kappa shape index (κ1) is 6.65. The molecule has 0 saturated carbocycles. The average molecular weight is 149 g/mol. The predicted molar refractivity (Wildman–Crippen MR) is 42.8 cm³/mol. The number of pyridine rings is 1. The van der Waals surface area contributed by atoms with Crippen molar-refractivity contribution in [2.45, 2.75) is 26.4 Å². The van der Waals surface area contributed by atoms with Crippen LogP contribution in [0.15, 0.2) is 12.3 Å². The summed E-state index contributed by atoms with van der Waals surface area (Å²) < 4.78 is 5.45. The van der Waals surface area contributed by atoms with E-state index < -0.39 is 0 Å². The van der Waals surface area contributed by atoms with E-state index in [4.69, 9.17) is 4.74 Å². The Kier molecular flexibility index (Phi) is 1.34. The zero-order chi connectivity index (χ0) is 7.84. The fraction of sp³-hybridized carbons (Fsp3) is 0.444. The zero-order valence-corrected chi connectivity index (χ0v) is 6.79. The molecule has 1 unspecified atom stereocenters. The summed E-state index contributed by atoms with van der Waals surface area (Å²) in [5.41, 5.74) is 2.46. The van der Waals surface area contributed by atoms with Gasteiger partial charge in [-0.25, -0.2) is 4.98 Å². The van der Waals surface area contributed by atoms with Gasteiger partial charge in [-0.1, -0.05) is 0 Å². The highest BCUT2D eigenvalue weighted by Gasteiger charge is 2.19. The van der Waals surface area contributed by atoms with Gasteiger partial charge in [0.05, 0.1) is 0 Å². The molecule has 2 heteroatoms. The van der Waals surface area contributed by atoms with Crippen molar-refractivity contribution < 1.29 is 4.74 Å². The normalized spacial score (nSPS) is 21.1. The van der Waals surface area contributed by atoms with Crippen molar-refractivity contribution in [3.05, 3.63) is 23.4 Å². The van der Waals surface area contributed by atoms with E-state index >= 15 is 0 Å². The van der Waals surface area contributed by atoms with Crippen LogP contribution in [0.5, 0.6) is 5.88 Å². The highest BCUT2D eigenvalue weighted by atomic mass is 16.5. The number of ether oxygens (including phenoxy) is 1. The van der Waals surface area contributed by atoms with Gasteiger partial charge in [-0.2, -0.15) is 0 Å². The molecular formula is C9H11NO. The molecular weight excluding hydrogens is 138 g/mol. The molecule has 0 bridgehead atoms. The van der Waals surface area contributed by atoms with E-state index in [1.165, 1.54) is 11.1 Å². The van der Waals surface area contributed by atoms with Crippen LogP contribution in [0.25, 0.3) is 0 Å². The first-order chi connectivity index (χ1) is 5.25. The quantitative estimate of drug-likeness (QED) is 0.560. The molecule has 1 aliphatic rings. The van der Waals surface area contributed by atoms with Crippen LogP contribution in [0.1, 0.15) is 18.1 Å². The number of fused-ring (bicyclic) bond motifs is 1. The molecule has 0 aromatic carbocycles. The van der Waals surface area contributed by atoms with Gasteiger partial charge in [0, 0.05) is 18.2 Å². The summed E-state index contributed by atoms with van der Waals surface area (Å²) in [6.45, 7) is 4.12. The summed E-state index contributed by atoms with van der Waals surface area (Å²) in [4.78, 5) is 4.19. The molecule has 11 heavy (non-hydrogen) atoms. The van der Waals surface area contributed by atoms with Gasteiger partial charge in [-0.3, -0.25) is 0 Å². The Morgan fingerprint density at radius 2 is 2.45 bits per heavy atom. The summed E-state index contributed by atoms with van der Waals surface area (Å²) in [5, 5.41) is 0. The van der Waals surface area contributed by atoms with Crippen molar-refractivity contribution in [2.75, 3.05) is 0 Å². The lowest BCUT2D eigenvalue weighted by Crippen LogP contribution is -2.05. The third kappa shape index (κ3) is 1.09. The van der Waals surface area contributed by atoms with Gasteiger partial charge in [-0.15, -0.1) is 0 Å². The van der Waals surface area contributed by atoms with Gasteiger partial charge in [-0.05, 0) is 25.5 Å². The summed E-state index contributed by atoms with van der Waals surface area (Å²) >= 11 is 0. The summed E-state index contributed by atoms with van der Waals surface area (Å²) in [6.07, 6.45) is 3.15. The Morgan fingerprint density at radius 1 is 1.64 bits per heavy atom. The minimum atomic E-state index is 0.305. The number of hydrogen-bond donors (Lipinski definition) is 0. The summed E-state index contributed by atoms with van der Waals surface area (Å²) in [6, 6.07) is 2.14. The van der Waals surface area contributed by atoms with Crippen LogP contribution >= 0.6 is 0 Å². The predicted octanol–water partition coefficient (Wildman–Crippen LogP) is 1.71. The molecule has 1 aliphatic heterocycles. The van der Waals surface area contributed by atoms with Crippen molar-refractivity contribution in [2.24, 2.45) is 0 Å². The minimum Gasteiger partial charge on any atom is -0.474 e. The Balaban J connectivity index is 2.43. The molecule has 0 radical (unpaired) electrons. The maximum absolute atomic E-state index is 5.45. The summed E-state index contributed by atoms with van der Waals surface area (Å²) in [7, 11) is 0. The van der Waals surface area contributed by atoms with E-state index in [0.29, 0.717) is 6.10 Å². The number of hydrogen-bond acceptors (Lipinski definition) is 2. The fourth-order valence-electron chi connectivity index (χ4n) is 1.41. The van der Waals surface area contributed by atoms with E-state index in [1.807, 2.05) is 6.20 Å². The molecule has 0 saturated heterocycles. The lowest BCUT2D eigenvalue weighted by molar-refractivity contribution is 0.246. The van der Waals surface area contributed by atoms with Crippen molar-refractivity contribution in [3.63, 3.8) is 0 Å². The van der Waals surface area contributed by atoms with E-state index in [-0.39, 0.29) is 0 Å². The first-order valence-corrected chi connectivity index (χ1v) is 3.88. The van der Waals surface area contributed by atoms with Gasteiger partial charge >= 0.3 is 0 Å². The third-order valence-electron chi connectivity index (χ3n) is 1.88. The monoisotopic (exact) mass is 149 g/mol. The Labute approximate surface area is 66.2 Å². The van der Waals surface area contributed by atoms with Crippen molar-refractivity contribution >= 4 is 0 Å². The molecule has 0 amide bonds. The Morgan fingerprint density at radius 3 is 3.27 bits per heavy atom. The highest BCUT2D eigenvalue weighted by molar-refractivity contribution is 5.33. The van der Waals surface area contributed by atoms with Gasteiger partial charge in [0.1, 0.15) is 6.10 Å². The van der Waals surface area contributed by atoms with Crippen molar-refractivity contribution in [1.29, 1.82) is 0 Å². The van der Waals surface area contributed by atoms with Gasteiger partial charge in [0.25, 0.3) is 0 Å². The number of aryl methyl sites for hydroxylation is 1. The molecule has 2 nitrogen and oxygen atoms in total. The zero-order valence-electron chi connectivity index (χ0n) is 6.79. The van der Waals surface area contributed by atoms with E-state index in [2.05, 4.69) is 24.9 Å². The lowest BCUT2D eigenvalue weighted by Gasteiger charge is -2.00. The standard InChI is InChI=1S/C9H11NO/c1-6-3-8-4-7(2)11-9(8)10-5-6/h3,5,7H,4H2,1-2H3. The molecule has 0 N–H and O–H groups in total. The lowest BCUT2D eigenvalue weighted by atomic mass is 10.1. The summed E-state index contributed by atoms with van der Waals surface area (Å²) in [5.74, 6) is 0.822. The average Bonchev–Trinajstić information content (AvgIpc) is 2.27. The SMILES string of the molecule is Cc1cnc2c(c1)CC(C)O2. The largest absolute Gasteiger partial charge is 0.474 e. The second-order valence-corrected chi connectivity index (χ2v) is 3.11. The maximum Gasteiger partial charge on any atom is 0.216 e. The molecule has 0 spiro atoms. The topological polar surface area (TPSA) is 22.1 Å². The van der Waals surface area contributed by atoms with Crippen LogP contribution in [0, 0.1) is 6.92 Å². The smallest absolute Gasteiger partial charge is 0.216 e. The van der Waals surface area contributed by atoms with Crippen LogP contribution in [0.3, 0.4) is 0 Å². The molecule has 1 aromatic heterocycles. The van der Waals surface area contributed by atoms with Crippen LogP contribution < -0.4 is 4.74 Å². The second-order valence-electron chi connectivity index (χ2n) is 3.11. The van der Waals surface area contributed by atoms with Crippen molar-refractivity contribution in [3.8, 4) is 5.88 Å². The molecule has 1 aromatic rings. The van der Waals surface area contributed by atoms with Crippen LogP contribution in [0.2, 0.25) is 0 Å². The van der Waals surface area contributed by atoms with Crippen LogP contribution in [-0.4, -0.2) is 11.1 Å². The van der Waals surface area contributed by atoms with E-state index in [9.17, 15) is 0 Å². The molecule has 2 heterocycles. The second kappa shape index (κ2) is 2.22. The molecule has 0 aliphatic carbocycles. The highest BCUT2D eigenvalue weighted by Crippen LogP contribution is 2.26. The van der Waals surface area contributed by atoms with Gasteiger partial charge in [0.2, 0.25) is 5.88 Å². The van der Waals surface area contributed by atoms with Gasteiger partial charge in [0.15, 0.2) is 0 Å². The van der Waals surface area contributed by atoms with E-state index in [1.54, 1.807) is 0 Å². The molecule has 0 fully saturated rings. The van der Waals surface area contributed by atoms with Gasteiger partial charge < -0.3 is 4.74 Å². The molecule has 1 atom stereocenters. The number of nitrogens with zero attached hydrogens (tertiary/aromatic N) is 1. The fourth-order valence-corrected chi connectivity index (χ4v) is 1.41. The maximum atomic E-state index is 5.45. The Hall–Kier alpha value is -1.05. The third-order valence-corrected chi connectivity index (χ3v) is 1.88.